The van der Waals surface area contributed by atoms with E-state index in [-0.39, 0.29) is 53.9 Å². The van der Waals surface area contributed by atoms with E-state index >= 15 is 0 Å². The number of phenols is 1. The zero-order valence-electron chi connectivity index (χ0n) is 37.7. The third kappa shape index (κ3) is 9.01. The molecule has 7 rings (SSSR count). The molecular weight excluding hydrogens is 920 g/mol. The second-order valence-corrected chi connectivity index (χ2v) is 22.5. The van der Waals surface area contributed by atoms with Crippen molar-refractivity contribution in [2.75, 3.05) is 0 Å². The molecule has 0 radical (unpaired) electrons. The van der Waals surface area contributed by atoms with Crippen LogP contribution in [0.3, 0.4) is 0 Å². The van der Waals surface area contributed by atoms with Gasteiger partial charge in [-0.2, -0.15) is 0 Å². The average molecular weight is 981 g/mol. The van der Waals surface area contributed by atoms with E-state index in [1.54, 1.807) is 17.4 Å². The summed E-state index contributed by atoms with van der Waals surface area (Å²) in [7, 11) is 0. The number of thiazole rings is 1. The van der Waals surface area contributed by atoms with Crippen LogP contribution in [-0.4, -0.2) is 15.1 Å². The summed E-state index contributed by atoms with van der Waals surface area (Å²) in [6.45, 7) is 34.0. The average Bonchev–Trinajstić information content (AvgIpc) is 3.56. The van der Waals surface area contributed by atoms with Crippen LogP contribution in [0.1, 0.15) is 132 Å². The molecule has 0 unspecified atom stereocenters. The molecule has 0 aliphatic carbocycles. The number of fused-ring (bicyclic) bond motifs is 2. The molecule has 1 N–H and O–H groups in total. The van der Waals surface area contributed by atoms with Gasteiger partial charge >= 0.3 is 0 Å². The second kappa shape index (κ2) is 15.4. The minimum Gasteiger partial charge on any atom is -0.507 e. The number of pyridine rings is 1. The van der Waals surface area contributed by atoms with Crippen LogP contribution >= 0.6 is 11.3 Å². The van der Waals surface area contributed by atoms with Crippen molar-refractivity contribution >= 4 is 32.5 Å². The monoisotopic (exact) mass is 980 g/mol. The van der Waals surface area contributed by atoms with Crippen molar-refractivity contribution in [1.29, 1.82) is 0 Å². The fourth-order valence-electron chi connectivity index (χ4n) is 7.53. The first-order valence-corrected chi connectivity index (χ1v) is 21.5. The third-order valence-electron chi connectivity index (χ3n) is 11.5. The molecule has 0 bridgehead atoms. The van der Waals surface area contributed by atoms with Crippen molar-refractivity contribution in [3.05, 3.63) is 125 Å². The normalized spacial score (nSPS) is 12.9. The second-order valence-electron chi connectivity index (χ2n) is 21.4. The van der Waals surface area contributed by atoms with Crippen LogP contribution in [0.25, 0.3) is 65.1 Å². The Morgan fingerprint density at radius 2 is 0.983 bits per heavy atom. The van der Waals surface area contributed by atoms with Crippen LogP contribution < -0.4 is 0 Å². The van der Waals surface area contributed by atoms with Crippen LogP contribution in [0, 0.1) is 6.07 Å². The molecule has 310 valence electrons. The van der Waals surface area contributed by atoms with E-state index < -0.39 is 0 Å². The van der Waals surface area contributed by atoms with Crippen LogP contribution in [0.5, 0.6) is 5.75 Å². The van der Waals surface area contributed by atoms with Crippen molar-refractivity contribution in [2.24, 2.45) is 0 Å². The summed E-state index contributed by atoms with van der Waals surface area (Å²) < 4.78 is 1.09. The van der Waals surface area contributed by atoms with Crippen molar-refractivity contribution in [3.63, 3.8) is 0 Å². The van der Waals surface area contributed by atoms with E-state index in [1.807, 2.05) is 12.3 Å². The van der Waals surface area contributed by atoms with Crippen LogP contribution in [0.2, 0.25) is 0 Å². The van der Waals surface area contributed by atoms with Crippen molar-refractivity contribution in [2.45, 2.75) is 131 Å². The van der Waals surface area contributed by atoms with Crippen molar-refractivity contribution in [1.82, 2.24) is 9.97 Å². The summed E-state index contributed by atoms with van der Waals surface area (Å²) in [5.41, 5.74) is 15.2. The maximum Gasteiger partial charge on any atom is 0.127 e. The Morgan fingerprint density at radius 3 is 1.53 bits per heavy atom. The van der Waals surface area contributed by atoms with Gasteiger partial charge in [-0.05, 0) is 96.4 Å². The first-order chi connectivity index (χ1) is 26.8. The Kier molecular flexibility index (Phi) is 11.6. The molecule has 0 spiro atoms. The molecule has 2 aromatic heterocycles. The van der Waals surface area contributed by atoms with Gasteiger partial charge in [0, 0.05) is 42.9 Å². The molecular formula is C54H61N2OPtS-. The summed E-state index contributed by atoms with van der Waals surface area (Å²) >= 11 is 1.64. The van der Waals surface area contributed by atoms with Gasteiger partial charge in [0.05, 0.1) is 11.1 Å². The zero-order valence-corrected chi connectivity index (χ0v) is 40.8. The Labute approximate surface area is 372 Å². The number of aromatic hydroxyl groups is 1. The number of rotatable bonds is 4. The molecule has 0 amide bonds. The van der Waals surface area contributed by atoms with Gasteiger partial charge in [-0.15, -0.1) is 46.7 Å². The summed E-state index contributed by atoms with van der Waals surface area (Å²) in [6.07, 6.45) is 1.97. The first kappa shape index (κ1) is 44.4. The van der Waals surface area contributed by atoms with Crippen molar-refractivity contribution in [3.8, 4) is 49.7 Å². The Hall–Kier alpha value is -4.11. The third-order valence-corrected chi connectivity index (χ3v) is 12.6. The molecule has 0 saturated heterocycles. The summed E-state index contributed by atoms with van der Waals surface area (Å²) in [4.78, 5) is 10.4. The Bertz CT molecular complexity index is 2670. The molecule has 0 fully saturated rings. The SMILES string of the molecule is CC(C)(C)c1cc(-c2ccnc3c(-c4[c-]c(-c5cc(C(C)(C)C)cc6sc(-c7cc(C(C)(C)C)ccc7O)nc56)ccc4)cc(C(C)(C)C)cc23)cc(C(C)(C)C)c1.[Pt]. The number of benzene rings is 5. The van der Waals surface area contributed by atoms with Gasteiger partial charge in [-0.25, -0.2) is 4.98 Å². The molecule has 2 heterocycles. The first-order valence-electron chi connectivity index (χ1n) is 20.7. The number of nitrogens with zero attached hydrogens (tertiary/aromatic N) is 2. The number of phenolic OH excluding ortho intramolecular Hbond substituents is 1. The van der Waals surface area contributed by atoms with Crippen LogP contribution in [0.15, 0.2) is 91.1 Å². The quantitative estimate of drug-likeness (QED) is 0.179. The van der Waals surface area contributed by atoms with Gasteiger partial charge in [-0.3, -0.25) is 4.98 Å². The molecule has 7 aromatic rings. The van der Waals surface area contributed by atoms with Gasteiger partial charge in [0.15, 0.2) is 0 Å². The minimum absolute atomic E-state index is 0. The Morgan fingerprint density at radius 1 is 0.492 bits per heavy atom. The summed E-state index contributed by atoms with van der Waals surface area (Å²) in [5.74, 6) is 0.246. The van der Waals surface area contributed by atoms with Gasteiger partial charge in [0.25, 0.3) is 0 Å². The zero-order chi connectivity index (χ0) is 42.3. The van der Waals surface area contributed by atoms with E-state index in [2.05, 4.69) is 183 Å². The van der Waals surface area contributed by atoms with Gasteiger partial charge in [0.1, 0.15) is 10.8 Å². The fraction of sp³-hybridized carbons (Fsp3) is 0.370. The molecule has 59 heavy (non-hydrogen) atoms. The van der Waals surface area contributed by atoms with E-state index in [0.717, 1.165) is 59.5 Å². The number of hydrogen-bond acceptors (Lipinski definition) is 4. The maximum atomic E-state index is 11.1. The molecule has 0 saturated carbocycles. The molecule has 3 nitrogen and oxygen atoms in total. The summed E-state index contributed by atoms with van der Waals surface area (Å²) in [5, 5.41) is 13.1. The van der Waals surface area contributed by atoms with Crippen LogP contribution in [-0.2, 0) is 48.1 Å². The summed E-state index contributed by atoms with van der Waals surface area (Å²) in [6, 6.07) is 34.9. The topological polar surface area (TPSA) is 46.0 Å². The Balaban J connectivity index is 0.00000585. The molecule has 5 heteroatoms. The van der Waals surface area contributed by atoms with Crippen LogP contribution in [0.4, 0.5) is 0 Å². The van der Waals surface area contributed by atoms with E-state index in [9.17, 15) is 5.11 Å². The maximum absolute atomic E-state index is 11.1. The minimum atomic E-state index is -0.0997. The smallest absolute Gasteiger partial charge is 0.127 e. The predicted octanol–water partition coefficient (Wildman–Crippen LogP) is 15.5. The predicted molar refractivity (Wildman–Crippen MR) is 251 cm³/mol. The molecule has 0 aliphatic heterocycles. The van der Waals surface area contributed by atoms with E-state index in [0.29, 0.717) is 0 Å². The number of aromatic nitrogens is 2. The van der Waals surface area contributed by atoms with Gasteiger partial charge < -0.3 is 5.11 Å². The standard InChI is InChI=1S/C54H61N2OS.Pt/c1-50(2,3)35-19-20-45(57)44(27-35)49-56-48-42(29-39(54(13,14)15)31-46(48)58-49)33-18-16-17-32(23-33)41-28-38(53(10,11)12)30-43-40(21-22-55-47(41)43)34-24-36(51(4,5)6)26-37(25-34)52(7,8)9;/h16-22,24-31,57H,1-15H3;/q-1;. The van der Waals surface area contributed by atoms with E-state index in [1.165, 1.54) is 33.4 Å². The fourth-order valence-corrected chi connectivity index (χ4v) is 8.59. The largest absolute Gasteiger partial charge is 0.507 e. The molecule has 0 aliphatic rings. The molecule has 0 atom stereocenters. The van der Waals surface area contributed by atoms with E-state index in [4.69, 9.17) is 9.97 Å². The van der Waals surface area contributed by atoms with Gasteiger partial charge in [0.2, 0.25) is 0 Å². The number of hydrogen-bond donors (Lipinski definition) is 1. The van der Waals surface area contributed by atoms with Gasteiger partial charge in [-0.1, -0.05) is 151 Å². The molecule has 5 aromatic carbocycles. The van der Waals surface area contributed by atoms with Crippen molar-refractivity contribution < 1.29 is 26.2 Å².